The zero-order valence-corrected chi connectivity index (χ0v) is 8.24. The summed E-state index contributed by atoms with van der Waals surface area (Å²) in [6.45, 7) is 1.53. The van der Waals surface area contributed by atoms with Crippen molar-refractivity contribution in [2.24, 2.45) is 5.73 Å². The van der Waals surface area contributed by atoms with E-state index in [0.717, 1.165) is 0 Å². The van der Waals surface area contributed by atoms with Crippen molar-refractivity contribution in [2.75, 3.05) is 6.61 Å². The fourth-order valence-corrected chi connectivity index (χ4v) is 1.03. The van der Waals surface area contributed by atoms with Crippen molar-refractivity contribution in [3.05, 3.63) is 29.6 Å². The number of ether oxygens (including phenoxy) is 1. The highest BCUT2D eigenvalue weighted by Gasteiger charge is 2.12. The summed E-state index contributed by atoms with van der Waals surface area (Å²) in [5.74, 6) is -1.05. The number of benzene rings is 1. The fourth-order valence-electron chi connectivity index (χ4n) is 1.03. The van der Waals surface area contributed by atoms with Crippen molar-refractivity contribution in [3.63, 3.8) is 0 Å². The molecule has 1 rings (SSSR count). The molecular formula is C10H12FNO3. The van der Waals surface area contributed by atoms with E-state index >= 15 is 0 Å². The summed E-state index contributed by atoms with van der Waals surface area (Å²) in [6, 6.07) is 2.92. The SMILES string of the molecule is Cc1cc(F)ccc1OCC(N)C(=O)O. The van der Waals surface area contributed by atoms with Crippen LogP contribution in [0.4, 0.5) is 4.39 Å². The van der Waals surface area contributed by atoms with Crippen molar-refractivity contribution in [2.45, 2.75) is 13.0 Å². The van der Waals surface area contributed by atoms with Crippen LogP contribution < -0.4 is 10.5 Å². The number of carboxylic acid groups (broad SMARTS) is 1. The third-order valence-corrected chi connectivity index (χ3v) is 1.87. The average Bonchev–Trinajstić information content (AvgIpc) is 2.15. The molecule has 5 heteroatoms. The molecule has 0 aliphatic carbocycles. The van der Waals surface area contributed by atoms with Gasteiger partial charge in [0.25, 0.3) is 0 Å². The third-order valence-electron chi connectivity index (χ3n) is 1.87. The summed E-state index contributed by atoms with van der Waals surface area (Å²) >= 11 is 0. The lowest BCUT2D eigenvalue weighted by molar-refractivity contribution is -0.139. The summed E-state index contributed by atoms with van der Waals surface area (Å²) in [4.78, 5) is 10.4. The maximum atomic E-state index is 12.7. The topological polar surface area (TPSA) is 72.5 Å². The first-order chi connectivity index (χ1) is 7.00. The lowest BCUT2D eigenvalue weighted by atomic mass is 10.2. The minimum atomic E-state index is -1.13. The molecule has 0 spiro atoms. The summed E-state index contributed by atoms with van der Waals surface area (Å²) in [5.41, 5.74) is 5.85. The molecule has 0 fully saturated rings. The van der Waals surface area contributed by atoms with Gasteiger partial charge in [0.15, 0.2) is 0 Å². The molecule has 1 atom stereocenters. The predicted octanol–water partition coefficient (Wildman–Crippen LogP) is 0.925. The molecule has 15 heavy (non-hydrogen) atoms. The van der Waals surface area contributed by atoms with Gasteiger partial charge in [0.2, 0.25) is 0 Å². The normalized spacial score (nSPS) is 12.2. The molecule has 82 valence electrons. The Morgan fingerprint density at radius 1 is 1.67 bits per heavy atom. The number of carboxylic acids is 1. The van der Waals surface area contributed by atoms with Crippen molar-refractivity contribution >= 4 is 5.97 Å². The summed E-state index contributed by atoms with van der Waals surface area (Å²) in [5, 5.41) is 8.51. The van der Waals surface area contributed by atoms with Crippen LogP contribution in [0.2, 0.25) is 0 Å². The van der Waals surface area contributed by atoms with Gasteiger partial charge in [0.05, 0.1) is 0 Å². The lowest BCUT2D eigenvalue weighted by Gasteiger charge is -2.11. The molecular weight excluding hydrogens is 201 g/mol. The van der Waals surface area contributed by atoms with Gasteiger partial charge in [-0.3, -0.25) is 4.79 Å². The van der Waals surface area contributed by atoms with E-state index in [-0.39, 0.29) is 12.4 Å². The lowest BCUT2D eigenvalue weighted by Crippen LogP contribution is -2.36. The van der Waals surface area contributed by atoms with E-state index in [1.165, 1.54) is 18.2 Å². The second-order valence-electron chi connectivity index (χ2n) is 3.17. The Balaban J connectivity index is 2.62. The van der Waals surface area contributed by atoms with Gasteiger partial charge in [-0.15, -0.1) is 0 Å². The number of hydrogen-bond acceptors (Lipinski definition) is 3. The van der Waals surface area contributed by atoms with Crippen LogP contribution in [-0.4, -0.2) is 23.7 Å². The largest absolute Gasteiger partial charge is 0.491 e. The summed E-state index contributed by atoms with van der Waals surface area (Å²) < 4.78 is 17.8. The Morgan fingerprint density at radius 3 is 2.87 bits per heavy atom. The minimum Gasteiger partial charge on any atom is -0.491 e. The smallest absolute Gasteiger partial charge is 0.324 e. The van der Waals surface area contributed by atoms with Crippen molar-refractivity contribution in [1.29, 1.82) is 0 Å². The number of rotatable bonds is 4. The van der Waals surface area contributed by atoms with Crippen LogP contribution in [0.3, 0.4) is 0 Å². The van der Waals surface area contributed by atoms with E-state index in [1.54, 1.807) is 6.92 Å². The molecule has 0 bridgehead atoms. The fraction of sp³-hybridized carbons (Fsp3) is 0.300. The maximum absolute atomic E-state index is 12.7. The van der Waals surface area contributed by atoms with Crippen LogP contribution in [-0.2, 0) is 4.79 Å². The van der Waals surface area contributed by atoms with Crippen molar-refractivity contribution in [1.82, 2.24) is 0 Å². The minimum absolute atomic E-state index is 0.137. The molecule has 0 aliphatic rings. The van der Waals surface area contributed by atoms with E-state index in [0.29, 0.717) is 11.3 Å². The quantitative estimate of drug-likeness (QED) is 0.780. The number of hydrogen-bond donors (Lipinski definition) is 2. The van der Waals surface area contributed by atoms with Gasteiger partial charge in [-0.1, -0.05) is 0 Å². The predicted molar refractivity (Wildman–Crippen MR) is 52.2 cm³/mol. The Bertz CT molecular complexity index is 368. The Hall–Kier alpha value is -1.62. The highest BCUT2D eigenvalue weighted by atomic mass is 19.1. The van der Waals surface area contributed by atoms with Gasteiger partial charge in [0, 0.05) is 0 Å². The van der Waals surface area contributed by atoms with Gasteiger partial charge in [-0.05, 0) is 30.7 Å². The highest BCUT2D eigenvalue weighted by Crippen LogP contribution is 2.18. The molecule has 0 aliphatic heterocycles. The Labute approximate surface area is 86.5 Å². The van der Waals surface area contributed by atoms with E-state index in [9.17, 15) is 9.18 Å². The molecule has 1 aromatic carbocycles. The van der Waals surface area contributed by atoms with Gasteiger partial charge < -0.3 is 15.6 Å². The number of halogens is 1. The molecule has 0 amide bonds. The first-order valence-corrected chi connectivity index (χ1v) is 4.38. The van der Waals surface area contributed by atoms with Crippen molar-refractivity contribution in [3.8, 4) is 5.75 Å². The van der Waals surface area contributed by atoms with Gasteiger partial charge in [0.1, 0.15) is 24.2 Å². The van der Waals surface area contributed by atoms with E-state index < -0.39 is 12.0 Å². The number of aliphatic carboxylic acids is 1. The monoisotopic (exact) mass is 213 g/mol. The molecule has 0 saturated carbocycles. The van der Waals surface area contributed by atoms with Crippen LogP contribution in [0.1, 0.15) is 5.56 Å². The zero-order chi connectivity index (χ0) is 11.4. The Kier molecular flexibility index (Phi) is 3.62. The first kappa shape index (κ1) is 11.5. The molecule has 0 heterocycles. The first-order valence-electron chi connectivity index (χ1n) is 4.38. The molecule has 0 radical (unpaired) electrons. The standard InChI is InChI=1S/C10H12FNO3/c1-6-4-7(11)2-3-9(6)15-5-8(12)10(13)14/h2-4,8H,5,12H2,1H3,(H,13,14). The number of aryl methyl sites for hydroxylation is 1. The third kappa shape index (κ3) is 3.21. The molecule has 3 N–H and O–H groups in total. The number of carbonyl (C=O) groups is 1. The highest BCUT2D eigenvalue weighted by molar-refractivity contribution is 5.73. The second kappa shape index (κ2) is 4.75. The summed E-state index contributed by atoms with van der Waals surface area (Å²) in [6.07, 6.45) is 0. The summed E-state index contributed by atoms with van der Waals surface area (Å²) in [7, 11) is 0. The molecule has 1 unspecified atom stereocenters. The molecule has 4 nitrogen and oxygen atoms in total. The van der Waals surface area contributed by atoms with E-state index in [1.807, 2.05) is 0 Å². The van der Waals surface area contributed by atoms with Gasteiger partial charge in [-0.2, -0.15) is 0 Å². The molecule has 1 aromatic rings. The van der Waals surface area contributed by atoms with Gasteiger partial charge in [-0.25, -0.2) is 4.39 Å². The molecule has 0 aromatic heterocycles. The van der Waals surface area contributed by atoms with Crippen molar-refractivity contribution < 1.29 is 19.0 Å². The zero-order valence-electron chi connectivity index (χ0n) is 8.24. The van der Waals surface area contributed by atoms with E-state index in [2.05, 4.69) is 0 Å². The van der Waals surface area contributed by atoms with Crippen LogP contribution in [0, 0.1) is 12.7 Å². The van der Waals surface area contributed by atoms with E-state index in [4.69, 9.17) is 15.6 Å². The van der Waals surface area contributed by atoms with Gasteiger partial charge >= 0.3 is 5.97 Å². The Morgan fingerprint density at radius 2 is 2.33 bits per heavy atom. The van der Waals surface area contributed by atoms with Crippen LogP contribution >= 0.6 is 0 Å². The molecule has 0 saturated heterocycles. The number of nitrogens with two attached hydrogens (primary N) is 1. The van der Waals surface area contributed by atoms with Crippen LogP contribution in [0.25, 0.3) is 0 Å². The average molecular weight is 213 g/mol. The van der Waals surface area contributed by atoms with Crippen LogP contribution in [0.5, 0.6) is 5.75 Å². The second-order valence-corrected chi connectivity index (χ2v) is 3.17. The van der Waals surface area contributed by atoms with Crippen LogP contribution in [0.15, 0.2) is 18.2 Å². The maximum Gasteiger partial charge on any atom is 0.324 e.